The molecule has 3 nitrogen and oxygen atoms in total. The summed E-state index contributed by atoms with van der Waals surface area (Å²) in [5, 5.41) is 0. The highest BCUT2D eigenvalue weighted by Gasteiger charge is 2.24. The van der Waals surface area contributed by atoms with E-state index < -0.39 is 0 Å². The van der Waals surface area contributed by atoms with Gasteiger partial charge in [0, 0.05) is 25.6 Å². The summed E-state index contributed by atoms with van der Waals surface area (Å²) in [6.07, 6.45) is 4.80. The molecule has 0 spiro atoms. The van der Waals surface area contributed by atoms with Crippen molar-refractivity contribution in [2.75, 3.05) is 26.7 Å². The summed E-state index contributed by atoms with van der Waals surface area (Å²) in [4.78, 5) is 16.6. The number of rotatable bonds is 5. The Morgan fingerprint density at radius 3 is 2.47 bits per heavy atom. The van der Waals surface area contributed by atoms with Crippen molar-refractivity contribution in [3.05, 3.63) is 0 Å². The van der Waals surface area contributed by atoms with Gasteiger partial charge in [-0.15, -0.1) is 0 Å². The van der Waals surface area contributed by atoms with Crippen LogP contribution in [0.3, 0.4) is 0 Å². The van der Waals surface area contributed by atoms with Gasteiger partial charge in [0.2, 0.25) is 5.91 Å². The molecule has 1 saturated heterocycles. The minimum Gasteiger partial charge on any atom is -0.343 e. The van der Waals surface area contributed by atoms with Crippen LogP contribution in [0.15, 0.2) is 0 Å². The molecule has 0 saturated carbocycles. The van der Waals surface area contributed by atoms with E-state index in [9.17, 15) is 4.79 Å². The van der Waals surface area contributed by atoms with E-state index >= 15 is 0 Å². The molecule has 1 rings (SSSR count). The van der Waals surface area contributed by atoms with E-state index in [0.29, 0.717) is 11.9 Å². The van der Waals surface area contributed by atoms with Gasteiger partial charge in [-0.3, -0.25) is 4.79 Å². The molecule has 0 unspecified atom stereocenters. The predicted octanol–water partition coefficient (Wildman–Crippen LogP) is 3.00. The fourth-order valence-corrected chi connectivity index (χ4v) is 2.78. The van der Waals surface area contributed by atoms with Gasteiger partial charge in [-0.25, -0.2) is 0 Å². The summed E-state index contributed by atoms with van der Waals surface area (Å²) in [7, 11) is 1.98. The maximum atomic E-state index is 12.1. The van der Waals surface area contributed by atoms with Crippen molar-refractivity contribution < 1.29 is 4.79 Å². The van der Waals surface area contributed by atoms with Crippen LogP contribution in [0, 0.1) is 11.8 Å². The van der Waals surface area contributed by atoms with Crippen LogP contribution < -0.4 is 0 Å². The third kappa shape index (κ3) is 5.52. The minimum atomic E-state index is 0.116. The maximum Gasteiger partial charge on any atom is 0.225 e. The molecular formula is C16H32N2O. The fourth-order valence-electron chi connectivity index (χ4n) is 2.78. The van der Waals surface area contributed by atoms with E-state index in [1.807, 2.05) is 25.8 Å². The third-order valence-corrected chi connectivity index (χ3v) is 4.20. The molecule has 0 radical (unpaired) electrons. The van der Waals surface area contributed by atoms with E-state index in [-0.39, 0.29) is 5.92 Å². The predicted molar refractivity (Wildman–Crippen MR) is 81.1 cm³/mol. The van der Waals surface area contributed by atoms with Crippen molar-refractivity contribution in [3.63, 3.8) is 0 Å². The summed E-state index contributed by atoms with van der Waals surface area (Å²) in [6, 6.07) is 0.443. The van der Waals surface area contributed by atoms with Gasteiger partial charge in [0.15, 0.2) is 0 Å². The van der Waals surface area contributed by atoms with E-state index in [0.717, 1.165) is 25.3 Å². The number of carbonyl (C=O) groups is 1. The number of amides is 1. The molecule has 1 aliphatic rings. The van der Waals surface area contributed by atoms with E-state index in [4.69, 9.17) is 0 Å². The average molecular weight is 268 g/mol. The van der Waals surface area contributed by atoms with E-state index in [1.54, 1.807) is 0 Å². The van der Waals surface area contributed by atoms with Gasteiger partial charge in [-0.2, -0.15) is 0 Å². The molecule has 1 aliphatic heterocycles. The SMILES string of the molecule is CC(C)CCN1CCC[C@@H](N(C)C(=O)C(C)C)CC1. The topological polar surface area (TPSA) is 23.6 Å². The minimum absolute atomic E-state index is 0.116. The van der Waals surface area contributed by atoms with Gasteiger partial charge in [0.1, 0.15) is 0 Å². The molecule has 0 aromatic heterocycles. The Hall–Kier alpha value is -0.570. The zero-order valence-corrected chi connectivity index (χ0v) is 13.5. The lowest BCUT2D eigenvalue weighted by Gasteiger charge is -2.29. The van der Waals surface area contributed by atoms with Gasteiger partial charge >= 0.3 is 0 Å². The van der Waals surface area contributed by atoms with Crippen LogP contribution >= 0.6 is 0 Å². The Morgan fingerprint density at radius 1 is 1.21 bits per heavy atom. The lowest BCUT2D eigenvalue weighted by atomic mass is 10.1. The van der Waals surface area contributed by atoms with Gasteiger partial charge in [0.25, 0.3) is 0 Å². The molecular weight excluding hydrogens is 236 g/mol. The van der Waals surface area contributed by atoms with Crippen molar-refractivity contribution in [2.45, 2.75) is 59.4 Å². The van der Waals surface area contributed by atoms with Crippen molar-refractivity contribution in [3.8, 4) is 0 Å². The molecule has 19 heavy (non-hydrogen) atoms. The average Bonchev–Trinajstić information content (AvgIpc) is 2.59. The number of nitrogens with zero attached hydrogens (tertiary/aromatic N) is 2. The van der Waals surface area contributed by atoms with Gasteiger partial charge in [-0.1, -0.05) is 27.7 Å². The van der Waals surface area contributed by atoms with Gasteiger partial charge in [0.05, 0.1) is 0 Å². The van der Waals surface area contributed by atoms with Crippen molar-refractivity contribution in [2.24, 2.45) is 11.8 Å². The van der Waals surface area contributed by atoms with Crippen molar-refractivity contribution in [1.82, 2.24) is 9.80 Å². The maximum absolute atomic E-state index is 12.1. The highest BCUT2D eigenvalue weighted by atomic mass is 16.2. The Balaban J connectivity index is 2.43. The first-order valence-electron chi connectivity index (χ1n) is 7.90. The van der Waals surface area contributed by atoms with E-state index in [2.05, 4.69) is 18.7 Å². The molecule has 0 N–H and O–H groups in total. The molecule has 3 heteroatoms. The Bertz CT molecular complexity index is 276. The quantitative estimate of drug-likeness (QED) is 0.765. The molecule has 0 bridgehead atoms. The Morgan fingerprint density at radius 2 is 1.89 bits per heavy atom. The molecule has 0 aliphatic carbocycles. The van der Waals surface area contributed by atoms with Crippen LogP contribution in [-0.4, -0.2) is 48.4 Å². The lowest BCUT2D eigenvalue weighted by Crippen LogP contribution is -2.40. The summed E-state index contributed by atoms with van der Waals surface area (Å²) < 4.78 is 0. The van der Waals surface area contributed by atoms with Crippen molar-refractivity contribution >= 4 is 5.91 Å². The first-order valence-corrected chi connectivity index (χ1v) is 7.90. The molecule has 0 aromatic rings. The monoisotopic (exact) mass is 268 g/mol. The van der Waals surface area contributed by atoms with Crippen LogP contribution in [0.4, 0.5) is 0 Å². The largest absolute Gasteiger partial charge is 0.343 e. The fraction of sp³-hybridized carbons (Fsp3) is 0.938. The van der Waals surface area contributed by atoms with Crippen LogP contribution in [0.25, 0.3) is 0 Å². The Labute approximate surface area is 119 Å². The normalized spacial score (nSPS) is 21.7. The van der Waals surface area contributed by atoms with Gasteiger partial charge in [-0.05, 0) is 44.7 Å². The smallest absolute Gasteiger partial charge is 0.225 e. The number of carbonyl (C=O) groups excluding carboxylic acids is 1. The van der Waals surface area contributed by atoms with Crippen LogP contribution in [0.2, 0.25) is 0 Å². The van der Waals surface area contributed by atoms with Crippen LogP contribution in [-0.2, 0) is 4.79 Å². The molecule has 1 amide bonds. The Kier molecular flexibility index (Phi) is 6.84. The number of hydrogen-bond donors (Lipinski definition) is 0. The molecule has 1 fully saturated rings. The van der Waals surface area contributed by atoms with Crippen LogP contribution in [0.1, 0.15) is 53.4 Å². The van der Waals surface area contributed by atoms with Crippen LogP contribution in [0.5, 0.6) is 0 Å². The zero-order chi connectivity index (χ0) is 14.4. The molecule has 0 aromatic carbocycles. The van der Waals surface area contributed by atoms with E-state index in [1.165, 1.54) is 25.9 Å². The highest BCUT2D eigenvalue weighted by molar-refractivity contribution is 5.78. The second-order valence-corrected chi connectivity index (χ2v) is 6.71. The summed E-state index contributed by atoms with van der Waals surface area (Å²) >= 11 is 0. The summed E-state index contributed by atoms with van der Waals surface area (Å²) in [5.41, 5.74) is 0. The molecule has 112 valence electrons. The third-order valence-electron chi connectivity index (χ3n) is 4.20. The summed E-state index contributed by atoms with van der Waals surface area (Å²) in [6.45, 7) is 12.1. The molecule has 1 atom stereocenters. The second-order valence-electron chi connectivity index (χ2n) is 6.71. The highest BCUT2D eigenvalue weighted by Crippen LogP contribution is 2.18. The van der Waals surface area contributed by atoms with Gasteiger partial charge < -0.3 is 9.80 Å². The van der Waals surface area contributed by atoms with Crippen molar-refractivity contribution in [1.29, 1.82) is 0 Å². The number of likely N-dealkylation sites (tertiary alicyclic amines) is 1. The summed E-state index contributed by atoms with van der Waals surface area (Å²) in [5.74, 6) is 1.19. The molecule has 1 heterocycles. The first-order chi connectivity index (χ1) is 8.91. The number of hydrogen-bond acceptors (Lipinski definition) is 2. The first kappa shape index (κ1) is 16.5. The zero-order valence-electron chi connectivity index (χ0n) is 13.5. The standard InChI is InChI=1S/C16H32N2O/c1-13(2)8-11-18-10-6-7-15(9-12-18)17(5)16(19)14(3)4/h13-15H,6-12H2,1-5H3/t15-/m1/s1. The lowest BCUT2D eigenvalue weighted by molar-refractivity contribution is -0.135. The second kappa shape index (κ2) is 7.88.